The lowest BCUT2D eigenvalue weighted by molar-refractivity contribution is -0.147. The van der Waals surface area contributed by atoms with Crippen LogP contribution in [-0.4, -0.2) is 31.5 Å². The Morgan fingerprint density at radius 2 is 1.59 bits per heavy atom. The lowest BCUT2D eigenvalue weighted by Crippen LogP contribution is -2.21. The number of anilines is 2. The second-order valence-electron chi connectivity index (χ2n) is 5.86. The molecule has 0 atom stereocenters. The Balaban J connectivity index is 1.67. The molecule has 0 unspecified atom stereocenters. The van der Waals surface area contributed by atoms with E-state index < -0.39 is 18.5 Å². The molecule has 0 aliphatic rings. The molecule has 0 aliphatic heterocycles. The molecule has 2 N–H and O–H groups in total. The zero-order valence-corrected chi connectivity index (χ0v) is 15.3. The average molecular weight is 370 g/mol. The van der Waals surface area contributed by atoms with Gasteiger partial charge in [-0.25, -0.2) is 0 Å². The molecule has 7 heteroatoms. The van der Waals surface area contributed by atoms with Crippen LogP contribution in [0.5, 0.6) is 5.75 Å². The first-order valence-electron chi connectivity index (χ1n) is 8.42. The molecule has 7 nitrogen and oxygen atoms in total. The van der Waals surface area contributed by atoms with Crippen LogP contribution in [0.4, 0.5) is 11.4 Å². The minimum absolute atomic E-state index is 0.0210. The summed E-state index contributed by atoms with van der Waals surface area (Å²) in [7, 11) is 1.55. The maximum atomic E-state index is 11.9. The van der Waals surface area contributed by atoms with Crippen molar-refractivity contribution in [2.24, 2.45) is 0 Å². The van der Waals surface area contributed by atoms with Crippen LogP contribution in [-0.2, 0) is 19.1 Å². The number of amides is 2. The van der Waals surface area contributed by atoms with Crippen molar-refractivity contribution in [1.82, 2.24) is 0 Å². The van der Waals surface area contributed by atoms with E-state index >= 15 is 0 Å². The van der Waals surface area contributed by atoms with Crippen molar-refractivity contribution >= 4 is 29.2 Å². The van der Waals surface area contributed by atoms with Gasteiger partial charge >= 0.3 is 5.97 Å². The number of methoxy groups -OCH3 is 1. The second-order valence-corrected chi connectivity index (χ2v) is 5.86. The summed E-state index contributed by atoms with van der Waals surface area (Å²) in [6, 6.07) is 14.1. The van der Waals surface area contributed by atoms with Crippen molar-refractivity contribution in [1.29, 1.82) is 0 Å². The molecule has 0 heterocycles. The summed E-state index contributed by atoms with van der Waals surface area (Å²) in [6.45, 7) is 1.51. The molecule has 0 aromatic heterocycles. The van der Waals surface area contributed by atoms with Crippen LogP contribution in [0.15, 0.2) is 48.5 Å². The number of rotatable bonds is 8. The van der Waals surface area contributed by atoms with E-state index in [9.17, 15) is 14.4 Å². The highest BCUT2D eigenvalue weighted by Gasteiger charge is 2.11. The standard InChI is InChI=1S/C20H22N2O5/c1-14-4-3-5-16(12-14)22-18(23)10-11-20(25)27-13-19(24)21-15-6-8-17(26-2)9-7-15/h3-9,12H,10-11,13H2,1-2H3,(H,21,24)(H,22,23). The maximum absolute atomic E-state index is 11.9. The van der Waals surface area contributed by atoms with Crippen LogP contribution < -0.4 is 15.4 Å². The number of carbonyl (C=O) groups is 3. The van der Waals surface area contributed by atoms with E-state index in [1.165, 1.54) is 0 Å². The molecule has 2 amide bonds. The lowest BCUT2D eigenvalue weighted by Gasteiger charge is -2.08. The predicted octanol–water partition coefficient (Wildman–Crippen LogP) is 2.90. The third kappa shape index (κ3) is 7.19. The van der Waals surface area contributed by atoms with Gasteiger partial charge in [-0.1, -0.05) is 12.1 Å². The van der Waals surface area contributed by atoms with Crippen LogP contribution >= 0.6 is 0 Å². The Morgan fingerprint density at radius 1 is 0.889 bits per heavy atom. The summed E-state index contributed by atoms with van der Waals surface area (Å²) in [5.74, 6) is -0.694. The first kappa shape index (κ1) is 20.0. The van der Waals surface area contributed by atoms with Gasteiger partial charge in [-0.2, -0.15) is 0 Å². The molecule has 0 saturated heterocycles. The monoisotopic (exact) mass is 370 g/mol. The largest absolute Gasteiger partial charge is 0.497 e. The Morgan fingerprint density at radius 3 is 2.26 bits per heavy atom. The minimum Gasteiger partial charge on any atom is -0.497 e. The van der Waals surface area contributed by atoms with Gasteiger partial charge in [-0.05, 0) is 48.9 Å². The van der Waals surface area contributed by atoms with Gasteiger partial charge in [0.15, 0.2) is 6.61 Å². The van der Waals surface area contributed by atoms with Crippen molar-refractivity contribution in [2.45, 2.75) is 19.8 Å². The zero-order chi connectivity index (χ0) is 19.6. The zero-order valence-electron chi connectivity index (χ0n) is 15.3. The number of benzene rings is 2. The third-order valence-corrected chi connectivity index (χ3v) is 3.60. The molecular weight excluding hydrogens is 348 g/mol. The quantitative estimate of drug-likeness (QED) is 0.697. The first-order valence-corrected chi connectivity index (χ1v) is 8.42. The number of carbonyl (C=O) groups excluding carboxylic acids is 3. The Labute approximate surface area is 157 Å². The van der Waals surface area contributed by atoms with Gasteiger partial charge in [0.1, 0.15) is 5.75 Å². The van der Waals surface area contributed by atoms with Crippen LogP contribution in [0.2, 0.25) is 0 Å². The van der Waals surface area contributed by atoms with Crippen molar-refractivity contribution in [3.63, 3.8) is 0 Å². The van der Waals surface area contributed by atoms with Crippen LogP contribution in [0.25, 0.3) is 0 Å². The van der Waals surface area contributed by atoms with Crippen molar-refractivity contribution in [2.75, 3.05) is 24.4 Å². The maximum Gasteiger partial charge on any atom is 0.306 e. The molecule has 0 bridgehead atoms. The number of hydrogen-bond acceptors (Lipinski definition) is 5. The smallest absolute Gasteiger partial charge is 0.306 e. The SMILES string of the molecule is COc1ccc(NC(=O)COC(=O)CCC(=O)Nc2cccc(C)c2)cc1. The Bertz CT molecular complexity index is 802. The summed E-state index contributed by atoms with van der Waals surface area (Å²) in [5.41, 5.74) is 2.26. The third-order valence-electron chi connectivity index (χ3n) is 3.60. The van der Waals surface area contributed by atoms with Crippen LogP contribution in [0.3, 0.4) is 0 Å². The fourth-order valence-corrected chi connectivity index (χ4v) is 2.25. The Hall–Kier alpha value is -3.35. The molecule has 2 rings (SSSR count). The van der Waals surface area contributed by atoms with Crippen LogP contribution in [0, 0.1) is 6.92 Å². The lowest BCUT2D eigenvalue weighted by atomic mass is 10.2. The number of hydrogen-bond donors (Lipinski definition) is 2. The highest BCUT2D eigenvalue weighted by atomic mass is 16.5. The number of nitrogens with one attached hydrogen (secondary N) is 2. The highest BCUT2D eigenvalue weighted by Crippen LogP contribution is 2.15. The first-order chi connectivity index (χ1) is 13.0. The molecule has 2 aromatic carbocycles. The molecule has 0 aliphatic carbocycles. The van der Waals surface area contributed by atoms with Gasteiger partial charge < -0.3 is 20.1 Å². The van der Waals surface area contributed by atoms with Gasteiger partial charge in [0.25, 0.3) is 5.91 Å². The minimum atomic E-state index is -0.612. The van der Waals surface area contributed by atoms with Crippen molar-refractivity contribution < 1.29 is 23.9 Å². The summed E-state index contributed by atoms with van der Waals surface area (Å²) < 4.78 is 9.91. The van der Waals surface area contributed by atoms with Crippen molar-refractivity contribution in [3.8, 4) is 5.75 Å². The number of ether oxygens (including phenoxy) is 2. The molecule has 27 heavy (non-hydrogen) atoms. The van der Waals surface area contributed by atoms with Gasteiger partial charge in [-0.3, -0.25) is 14.4 Å². The van der Waals surface area contributed by atoms with E-state index in [1.807, 2.05) is 25.1 Å². The molecule has 142 valence electrons. The van der Waals surface area contributed by atoms with E-state index in [1.54, 1.807) is 37.4 Å². The van der Waals surface area contributed by atoms with E-state index in [2.05, 4.69) is 10.6 Å². The van der Waals surface area contributed by atoms with Gasteiger partial charge in [0.05, 0.1) is 13.5 Å². The molecular formula is C20H22N2O5. The summed E-state index contributed by atoms with van der Waals surface area (Å²) in [4.78, 5) is 35.3. The summed E-state index contributed by atoms with van der Waals surface area (Å²) in [5, 5.41) is 5.31. The van der Waals surface area contributed by atoms with E-state index in [-0.39, 0.29) is 18.7 Å². The molecule has 0 radical (unpaired) electrons. The van der Waals surface area contributed by atoms with E-state index in [0.29, 0.717) is 17.1 Å². The average Bonchev–Trinajstić information content (AvgIpc) is 2.65. The molecule has 0 spiro atoms. The van der Waals surface area contributed by atoms with Crippen molar-refractivity contribution in [3.05, 3.63) is 54.1 Å². The van der Waals surface area contributed by atoms with Gasteiger partial charge in [0, 0.05) is 17.8 Å². The van der Waals surface area contributed by atoms with Gasteiger partial charge in [-0.15, -0.1) is 0 Å². The fraction of sp³-hybridized carbons (Fsp3) is 0.250. The summed E-state index contributed by atoms with van der Waals surface area (Å²) in [6.07, 6.45) is -0.125. The molecule has 0 fully saturated rings. The summed E-state index contributed by atoms with van der Waals surface area (Å²) >= 11 is 0. The molecule has 2 aromatic rings. The number of aryl methyl sites for hydroxylation is 1. The van der Waals surface area contributed by atoms with E-state index in [4.69, 9.17) is 9.47 Å². The highest BCUT2D eigenvalue weighted by molar-refractivity contribution is 5.94. The molecule has 0 saturated carbocycles. The fourth-order valence-electron chi connectivity index (χ4n) is 2.25. The van der Waals surface area contributed by atoms with Gasteiger partial charge in [0.2, 0.25) is 5.91 Å². The van der Waals surface area contributed by atoms with E-state index in [0.717, 1.165) is 5.56 Å². The second kappa shape index (κ2) is 9.96. The topological polar surface area (TPSA) is 93.7 Å². The van der Waals surface area contributed by atoms with Crippen LogP contribution in [0.1, 0.15) is 18.4 Å². The Kier molecular flexibility index (Phi) is 7.37. The normalized spacial score (nSPS) is 10.0. The predicted molar refractivity (Wildman–Crippen MR) is 102 cm³/mol. The number of esters is 1.